The summed E-state index contributed by atoms with van der Waals surface area (Å²) in [5.74, 6) is -1.17. The fraction of sp³-hybridized carbons (Fsp3) is 0.423. The van der Waals surface area contributed by atoms with Crippen LogP contribution >= 0.6 is 0 Å². The average Bonchev–Trinajstić information content (AvgIpc) is 3.27. The number of aromatic nitrogens is 2. The van der Waals surface area contributed by atoms with E-state index < -0.39 is 36.7 Å². The van der Waals surface area contributed by atoms with Gasteiger partial charge in [-0.2, -0.15) is 18.3 Å². The molecule has 2 amide bonds. The quantitative estimate of drug-likeness (QED) is 0.300. The Kier molecular flexibility index (Phi) is 8.68. The number of nitrogens with two attached hydrogens (primary N) is 1. The Morgan fingerprint density at radius 1 is 1.21 bits per heavy atom. The van der Waals surface area contributed by atoms with E-state index in [4.69, 9.17) is 5.73 Å². The third-order valence-electron chi connectivity index (χ3n) is 6.31. The van der Waals surface area contributed by atoms with E-state index in [0.29, 0.717) is 28.8 Å². The molecule has 3 aromatic rings. The van der Waals surface area contributed by atoms with Crippen LogP contribution in [-0.4, -0.2) is 75.6 Å². The number of carbonyl (C=O) groups is 2. The van der Waals surface area contributed by atoms with Crippen molar-refractivity contribution >= 4 is 28.4 Å². The molecular weight excluding hydrogens is 501 g/mol. The minimum absolute atomic E-state index is 0.175. The molecule has 0 aliphatic carbocycles. The van der Waals surface area contributed by atoms with Crippen LogP contribution < -0.4 is 16.4 Å². The highest BCUT2D eigenvalue weighted by molar-refractivity contribution is 5.97. The van der Waals surface area contributed by atoms with Crippen LogP contribution in [0.25, 0.3) is 16.6 Å². The number of benzene rings is 2. The van der Waals surface area contributed by atoms with Crippen LogP contribution in [0.5, 0.6) is 0 Å². The molecule has 0 spiro atoms. The van der Waals surface area contributed by atoms with E-state index >= 15 is 0 Å². The Bertz CT molecular complexity index is 1310. The molecule has 38 heavy (non-hydrogen) atoms. The molecule has 0 aliphatic heterocycles. The maximum atomic E-state index is 14.0. The molecule has 1 heterocycles. The highest BCUT2D eigenvalue weighted by Gasteiger charge is 2.54. The van der Waals surface area contributed by atoms with E-state index in [1.54, 1.807) is 67.6 Å². The number of carbonyl (C=O) groups excluding carboxylic acids is 2. The summed E-state index contributed by atoms with van der Waals surface area (Å²) in [6.45, 7) is 5.83. The number of rotatable bonds is 11. The van der Waals surface area contributed by atoms with E-state index in [-0.39, 0.29) is 18.2 Å². The van der Waals surface area contributed by atoms with E-state index in [1.165, 1.54) is 6.20 Å². The summed E-state index contributed by atoms with van der Waals surface area (Å²) in [4.78, 5) is 24.9. The average molecular weight is 535 g/mol. The van der Waals surface area contributed by atoms with Gasteiger partial charge in [-0.05, 0) is 63.2 Å². The zero-order valence-electron chi connectivity index (χ0n) is 21.8. The number of nitrogens with zero attached hydrogens (tertiary/aromatic N) is 3. The molecule has 1 unspecified atom stereocenters. The molecule has 0 radical (unpaired) electrons. The zero-order valence-corrected chi connectivity index (χ0v) is 21.8. The monoisotopic (exact) mass is 534 g/mol. The third kappa shape index (κ3) is 6.43. The molecule has 0 fully saturated rings. The van der Waals surface area contributed by atoms with Gasteiger partial charge in [-0.25, -0.2) is 4.68 Å². The number of likely N-dealkylation sites (N-methyl/N-ethyl adjacent to an activating group) is 1. The summed E-state index contributed by atoms with van der Waals surface area (Å²) in [5, 5.41) is 20.9. The maximum Gasteiger partial charge on any atom is 0.420 e. The first kappa shape index (κ1) is 28.9. The molecule has 1 atom stereocenters. The Labute approximate surface area is 218 Å². The van der Waals surface area contributed by atoms with E-state index in [0.717, 1.165) is 5.56 Å². The van der Waals surface area contributed by atoms with Gasteiger partial charge < -0.3 is 21.5 Å². The molecule has 206 valence electrons. The first-order valence-electron chi connectivity index (χ1n) is 12.2. The largest absolute Gasteiger partial charge is 0.420 e. The Balaban J connectivity index is 1.94. The molecular formula is C26H33F3N6O3. The SMILES string of the molecule is CCN(CC(O)(CNc1cc(C)cc2c1cnn2-c1cccc(C(=O)NCC(N)=O)c1)C(F)(F)F)C(C)C. The first-order chi connectivity index (χ1) is 17.8. The Morgan fingerprint density at radius 2 is 1.92 bits per heavy atom. The van der Waals surface area contributed by atoms with Crippen molar-refractivity contribution in [1.82, 2.24) is 20.0 Å². The van der Waals surface area contributed by atoms with Crippen molar-refractivity contribution in [2.45, 2.75) is 45.5 Å². The minimum Gasteiger partial charge on any atom is -0.381 e. The van der Waals surface area contributed by atoms with Gasteiger partial charge in [-0.1, -0.05) is 13.0 Å². The van der Waals surface area contributed by atoms with Gasteiger partial charge in [0.25, 0.3) is 5.91 Å². The molecule has 1 aromatic heterocycles. The van der Waals surface area contributed by atoms with Gasteiger partial charge in [-0.15, -0.1) is 0 Å². The van der Waals surface area contributed by atoms with E-state index in [1.807, 2.05) is 6.07 Å². The third-order valence-corrected chi connectivity index (χ3v) is 6.31. The smallest absolute Gasteiger partial charge is 0.381 e. The predicted molar refractivity (Wildman–Crippen MR) is 139 cm³/mol. The lowest BCUT2D eigenvalue weighted by Crippen LogP contribution is -2.58. The van der Waals surface area contributed by atoms with Crippen molar-refractivity contribution < 1.29 is 27.9 Å². The number of amides is 2. The molecule has 0 saturated heterocycles. The number of alkyl halides is 3. The predicted octanol–water partition coefficient (Wildman–Crippen LogP) is 2.98. The lowest BCUT2D eigenvalue weighted by Gasteiger charge is -2.37. The Hall–Kier alpha value is -3.64. The number of anilines is 1. The second-order valence-corrected chi connectivity index (χ2v) is 9.54. The summed E-state index contributed by atoms with van der Waals surface area (Å²) in [5.41, 5.74) is 4.64. The number of halogens is 3. The maximum absolute atomic E-state index is 14.0. The van der Waals surface area contributed by atoms with Gasteiger partial charge in [-0.3, -0.25) is 14.5 Å². The molecule has 2 aromatic carbocycles. The molecule has 3 rings (SSSR count). The van der Waals surface area contributed by atoms with Crippen molar-refractivity contribution in [2.24, 2.45) is 5.73 Å². The number of aliphatic hydroxyl groups is 1. The topological polar surface area (TPSA) is 126 Å². The van der Waals surface area contributed by atoms with Crippen molar-refractivity contribution in [3.8, 4) is 5.69 Å². The number of aryl methyl sites for hydroxylation is 1. The number of hydrogen-bond acceptors (Lipinski definition) is 6. The first-order valence-corrected chi connectivity index (χ1v) is 12.2. The van der Waals surface area contributed by atoms with Crippen molar-refractivity contribution in [2.75, 3.05) is 31.5 Å². The van der Waals surface area contributed by atoms with Gasteiger partial charge in [0, 0.05) is 29.2 Å². The lowest BCUT2D eigenvalue weighted by molar-refractivity contribution is -0.260. The summed E-state index contributed by atoms with van der Waals surface area (Å²) < 4.78 is 43.6. The summed E-state index contributed by atoms with van der Waals surface area (Å²) in [7, 11) is 0. The summed E-state index contributed by atoms with van der Waals surface area (Å²) >= 11 is 0. The normalized spacial score (nSPS) is 13.6. The minimum atomic E-state index is -4.86. The standard InChI is InChI=1S/C26H33F3N6O3/c1-5-34(16(2)3)15-25(38,26(27,28)29)14-32-21-9-17(4)10-22-20(21)12-33-35(22)19-8-6-7-18(11-19)24(37)31-13-23(30)36/h6-12,16,32,38H,5,13-15H2,1-4H3,(H2,30,36)(H,31,37). The van der Waals surface area contributed by atoms with Gasteiger partial charge in [0.2, 0.25) is 5.91 Å². The molecule has 9 nitrogen and oxygen atoms in total. The van der Waals surface area contributed by atoms with Crippen LogP contribution in [0.1, 0.15) is 36.7 Å². The highest BCUT2D eigenvalue weighted by atomic mass is 19.4. The molecule has 12 heteroatoms. The van der Waals surface area contributed by atoms with Crippen LogP contribution in [-0.2, 0) is 4.79 Å². The number of hydrogen-bond donors (Lipinski definition) is 4. The number of nitrogens with one attached hydrogen (secondary N) is 2. The second-order valence-electron chi connectivity index (χ2n) is 9.54. The van der Waals surface area contributed by atoms with E-state index in [2.05, 4.69) is 15.7 Å². The second kappa shape index (κ2) is 11.4. The van der Waals surface area contributed by atoms with Crippen LogP contribution in [0.3, 0.4) is 0 Å². The molecule has 0 saturated carbocycles. The van der Waals surface area contributed by atoms with Gasteiger partial charge in [0.1, 0.15) is 0 Å². The van der Waals surface area contributed by atoms with Crippen molar-refractivity contribution in [3.63, 3.8) is 0 Å². The fourth-order valence-corrected chi connectivity index (χ4v) is 4.15. The van der Waals surface area contributed by atoms with Crippen LogP contribution in [0.15, 0.2) is 42.6 Å². The van der Waals surface area contributed by atoms with Gasteiger partial charge in [0.05, 0.1) is 30.5 Å². The fourth-order valence-electron chi connectivity index (χ4n) is 4.15. The molecule has 5 N–H and O–H groups in total. The van der Waals surface area contributed by atoms with Crippen LogP contribution in [0.2, 0.25) is 0 Å². The van der Waals surface area contributed by atoms with Crippen molar-refractivity contribution in [1.29, 1.82) is 0 Å². The molecule has 0 bridgehead atoms. The van der Waals surface area contributed by atoms with Crippen LogP contribution in [0, 0.1) is 6.92 Å². The van der Waals surface area contributed by atoms with Crippen molar-refractivity contribution in [3.05, 3.63) is 53.7 Å². The summed E-state index contributed by atoms with van der Waals surface area (Å²) in [6, 6.07) is 9.85. The summed E-state index contributed by atoms with van der Waals surface area (Å²) in [6.07, 6.45) is -3.35. The van der Waals surface area contributed by atoms with Gasteiger partial charge >= 0.3 is 6.18 Å². The van der Waals surface area contributed by atoms with Gasteiger partial charge in [0.15, 0.2) is 5.60 Å². The number of fused-ring (bicyclic) bond motifs is 1. The lowest BCUT2D eigenvalue weighted by atomic mass is 10.0. The highest BCUT2D eigenvalue weighted by Crippen LogP contribution is 2.34. The Morgan fingerprint density at radius 3 is 2.53 bits per heavy atom. The molecule has 0 aliphatic rings. The zero-order chi connectivity index (χ0) is 28.3. The van der Waals surface area contributed by atoms with E-state index in [9.17, 15) is 27.9 Å². The number of primary amides is 1. The van der Waals surface area contributed by atoms with Crippen LogP contribution in [0.4, 0.5) is 18.9 Å².